The highest BCUT2D eigenvalue weighted by atomic mass is 16.7. The summed E-state index contributed by atoms with van der Waals surface area (Å²) < 4.78 is 16.9. The Morgan fingerprint density at radius 3 is 2.04 bits per heavy atom. The number of ether oxygens (including phenoxy) is 3. The molecule has 134 valence electrons. The summed E-state index contributed by atoms with van der Waals surface area (Å²) in [6.07, 6.45) is -0.410. The van der Waals surface area contributed by atoms with Gasteiger partial charge in [-0.2, -0.15) is 0 Å². The topological polar surface area (TPSA) is 61.8 Å². The van der Waals surface area contributed by atoms with Crippen molar-refractivity contribution in [2.45, 2.75) is 38.1 Å². The van der Waals surface area contributed by atoms with Crippen LogP contribution in [0.15, 0.2) is 48.5 Å². The molecule has 1 aliphatic heterocycles. The van der Waals surface area contributed by atoms with Crippen molar-refractivity contribution in [2.24, 2.45) is 0 Å². The van der Waals surface area contributed by atoms with Gasteiger partial charge in [-0.05, 0) is 38.1 Å². The molecule has 4 rings (SSSR count). The molecule has 2 aromatic rings. The number of rotatable bonds is 4. The van der Waals surface area contributed by atoms with Crippen LogP contribution >= 0.6 is 0 Å². The smallest absolute Gasteiger partial charge is 0.338 e. The molecule has 1 unspecified atom stereocenters. The van der Waals surface area contributed by atoms with E-state index in [1.165, 1.54) is 0 Å². The summed E-state index contributed by atoms with van der Waals surface area (Å²) in [5, 5.41) is 0. The molecule has 0 N–H and O–H groups in total. The second kappa shape index (κ2) is 6.25. The predicted molar refractivity (Wildman–Crippen MR) is 94.1 cm³/mol. The summed E-state index contributed by atoms with van der Waals surface area (Å²) >= 11 is 0. The Morgan fingerprint density at radius 1 is 0.923 bits per heavy atom. The van der Waals surface area contributed by atoms with Crippen LogP contribution in [-0.2, 0) is 14.2 Å². The van der Waals surface area contributed by atoms with E-state index in [9.17, 15) is 9.59 Å². The number of benzene rings is 2. The van der Waals surface area contributed by atoms with Gasteiger partial charge in [0.2, 0.25) is 0 Å². The summed E-state index contributed by atoms with van der Waals surface area (Å²) in [4.78, 5) is 24.8. The van der Waals surface area contributed by atoms with Gasteiger partial charge in [0.25, 0.3) is 0 Å². The van der Waals surface area contributed by atoms with E-state index in [1.54, 1.807) is 24.3 Å². The minimum absolute atomic E-state index is 0.383. The summed E-state index contributed by atoms with van der Waals surface area (Å²) in [6.45, 7) is 4.40. The van der Waals surface area contributed by atoms with Crippen molar-refractivity contribution >= 4 is 11.9 Å². The SMILES string of the molecule is Cc1ccc(C(=O)OC2[C@H]3OCC[C@@]23OC(=O)c2ccc(C)cc2)cc1. The summed E-state index contributed by atoms with van der Waals surface area (Å²) in [5.74, 6) is -0.854. The van der Waals surface area contributed by atoms with E-state index in [1.807, 2.05) is 38.1 Å². The number of esters is 2. The Hall–Kier alpha value is -2.66. The van der Waals surface area contributed by atoms with Gasteiger partial charge in [0.05, 0.1) is 17.7 Å². The molecule has 1 saturated heterocycles. The van der Waals surface area contributed by atoms with E-state index < -0.39 is 23.6 Å². The van der Waals surface area contributed by atoms with E-state index in [0.717, 1.165) is 11.1 Å². The van der Waals surface area contributed by atoms with Crippen molar-refractivity contribution in [3.8, 4) is 0 Å². The summed E-state index contributed by atoms with van der Waals surface area (Å²) in [6, 6.07) is 14.3. The zero-order chi connectivity index (χ0) is 18.3. The molecule has 0 bridgehead atoms. The Bertz CT molecular complexity index is 840. The normalized spacial score (nSPS) is 26.1. The molecule has 5 nitrogen and oxygen atoms in total. The van der Waals surface area contributed by atoms with Crippen molar-refractivity contribution < 1.29 is 23.8 Å². The van der Waals surface area contributed by atoms with Crippen molar-refractivity contribution in [3.63, 3.8) is 0 Å². The van der Waals surface area contributed by atoms with Crippen molar-refractivity contribution in [2.75, 3.05) is 6.61 Å². The van der Waals surface area contributed by atoms with Gasteiger partial charge in [-0.15, -0.1) is 0 Å². The molecule has 1 saturated carbocycles. The first kappa shape index (κ1) is 16.8. The summed E-state index contributed by atoms with van der Waals surface area (Å²) in [5.41, 5.74) is 2.23. The number of carbonyl (C=O) groups is 2. The van der Waals surface area contributed by atoms with Crippen LogP contribution in [0, 0.1) is 13.8 Å². The Balaban J connectivity index is 1.45. The molecule has 0 spiro atoms. The molecular formula is C21H20O5. The molecule has 0 amide bonds. The number of carbonyl (C=O) groups excluding carboxylic acids is 2. The molecule has 2 fully saturated rings. The van der Waals surface area contributed by atoms with E-state index in [4.69, 9.17) is 14.2 Å². The number of aryl methyl sites for hydroxylation is 2. The van der Waals surface area contributed by atoms with Crippen molar-refractivity contribution in [1.82, 2.24) is 0 Å². The number of fused-ring (bicyclic) bond motifs is 1. The maximum Gasteiger partial charge on any atom is 0.338 e. The van der Waals surface area contributed by atoms with Gasteiger partial charge in [-0.1, -0.05) is 35.4 Å². The highest BCUT2D eigenvalue weighted by Crippen LogP contribution is 2.53. The lowest BCUT2D eigenvalue weighted by molar-refractivity contribution is -0.00574. The van der Waals surface area contributed by atoms with Crippen LogP contribution in [0.3, 0.4) is 0 Å². The fourth-order valence-corrected chi connectivity index (χ4v) is 3.33. The van der Waals surface area contributed by atoms with Crippen LogP contribution in [0.4, 0.5) is 0 Å². The minimum atomic E-state index is -0.859. The maximum atomic E-state index is 12.5. The highest BCUT2D eigenvalue weighted by Gasteiger charge is 2.75. The summed E-state index contributed by atoms with van der Waals surface area (Å²) in [7, 11) is 0. The first-order valence-corrected chi connectivity index (χ1v) is 8.69. The minimum Gasteiger partial charge on any atom is -0.451 e. The lowest BCUT2D eigenvalue weighted by atomic mass is 10.1. The quantitative estimate of drug-likeness (QED) is 0.791. The largest absolute Gasteiger partial charge is 0.451 e. The third kappa shape index (κ3) is 2.88. The third-order valence-corrected chi connectivity index (χ3v) is 5.01. The van der Waals surface area contributed by atoms with E-state index in [2.05, 4.69) is 0 Å². The predicted octanol–water partition coefficient (Wildman–Crippen LogP) is 3.23. The Kier molecular flexibility index (Phi) is 4.04. The highest BCUT2D eigenvalue weighted by molar-refractivity contribution is 5.91. The molecule has 2 aromatic carbocycles. The fraction of sp³-hybridized carbons (Fsp3) is 0.333. The molecule has 1 aliphatic carbocycles. The molecule has 5 heteroatoms. The first-order chi connectivity index (χ1) is 12.5. The average Bonchev–Trinajstić information content (AvgIpc) is 2.99. The monoisotopic (exact) mass is 352 g/mol. The van der Waals surface area contributed by atoms with Gasteiger partial charge < -0.3 is 14.2 Å². The van der Waals surface area contributed by atoms with Gasteiger partial charge in [-0.3, -0.25) is 0 Å². The van der Waals surface area contributed by atoms with Crippen LogP contribution in [0.1, 0.15) is 38.3 Å². The Labute approximate surface area is 151 Å². The molecule has 0 radical (unpaired) electrons. The molecule has 1 heterocycles. The third-order valence-electron chi connectivity index (χ3n) is 5.01. The molecule has 26 heavy (non-hydrogen) atoms. The van der Waals surface area contributed by atoms with Gasteiger partial charge in [0.1, 0.15) is 6.10 Å². The van der Waals surface area contributed by atoms with Crippen LogP contribution < -0.4 is 0 Å². The fourth-order valence-electron chi connectivity index (χ4n) is 3.33. The second-order valence-corrected chi connectivity index (χ2v) is 6.94. The molecule has 2 aliphatic rings. The van der Waals surface area contributed by atoms with E-state index in [-0.39, 0.29) is 6.10 Å². The second-order valence-electron chi connectivity index (χ2n) is 6.94. The first-order valence-electron chi connectivity index (χ1n) is 8.69. The van der Waals surface area contributed by atoms with Gasteiger partial charge in [-0.25, -0.2) is 9.59 Å². The maximum absolute atomic E-state index is 12.5. The van der Waals surface area contributed by atoms with Gasteiger partial charge >= 0.3 is 11.9 Å². The zero-order valence-electron chi connectivity index (χ0n) is 14.7. The van der Waals surface area contributed by atoms with Crippen LogP contribution in [0.2, 0.25) is 0 Å². The molecule has 3 atom stereocenters. The lowest BCUT2D eigenvalue weighted by Gasteiger charge is -2.15. The lowest BCUT2D eigenvalue weighted by Crippen LogP contribution is -2.26. The number of hydrogen-bond donors (Lipinski definition) is 0. The zero-order valence-corrected chi connectivity index (χ0v) is 14.7. The average molecular weight is 352 g/mol. The van der Waals surface area contributed by atoms with Crippen molar-refractivity contribution in [1.29, 1.82) is 0 Å². The van der Waals surface area contributed by atoms with E-state index in [0.29, 0.717) is 24.2 Å². The van der Waals surface area contributed by atoms with Crippen molar-refractivity contribution in [3.05, 3.63) is 70.8 Å². The van der Waals surface area contributed by atoms with Crippen LogP contribution in [0.5, 0.6) is 0 Å². The molecule has 0 aromatic heterocycles. The van der Waals surface area contributed by atoms with Gasteiger partial charge in [0.15, 0.2) is 11.7 Å². The Morgan fingerprint density at radius 2 is 1.46 bits per heavy atom. The van der Waals surface area contributed by atoms with Gasteiger partial charge in [0, 0.05) is 6.42 Å². The van der Waals surface area contributed by atoms with E-state index >= 15 is 0 Å². The standard InChI is InChI=1S/C21H20O5/c1-13-3-7-15(8-4-13)19(22)25-18-17-21(18,11-12-24-17)26-20(23)16-9-5-14(2)6-10-16/h3-10,17-18H,11-12H2,1-2H3/t17-,18?,21+/m1/s1. The number of hydrogen-bond acceptors (Lipinski definition) is 5. The van der Waals surface area contributed by atoms with Crippen LogP contribution in [-0.4, -0.2) is 36.4 Å². The molecular weight excluding hydrogens is 332 g/mol. The van der Waals surface area contributed by atoms with Crippen LogP contribution in [0.25, 0.3) is 0 Å².